The van der Waals surface area contributed by atoms with E-state index in [0.29, 0.717) is 30.4 Å². The Labute approximate surface area is 166 Å². The van der Waals surface area contributed by atoms with Crippen molar-refractivity contribution in [1.29, 1.82) is 0 Å². The van der Waals surface area contributed by atoms with Crippen LogP contribution < -0.4 is 15.0 Å². The Bertz CT molecular complexity index is 862. The van der Waals surface area contributed by atoms with Gasteiger partial charge >= 0.3 is 6.03 Å². The van der Waals surface area contributed by atoms with Gasteiger partial charge in [0.05, 0.1) is 12.8 Å². The Morgan fingerprint density at radius 1 is 1.14 bits per heavy atom. The highest BCUT2D eigenvalue weighted by atomic mass is 16.5. The van der Waals surface area contributed by atoms with Crippen LogP contribution in [0, 0.1) is 6.92 Å². The lowest BCUT2D eigenvalue weighted by atomic mass is 10.0. The predicted molar refractivity (Wildman–Crippen MR) is 111 cm³/mol. The van der Waals surface area contributed by atoms with Gasteiger partial charge in [-0.2, -0.15) is 0 Å². The number of ether oxygens (including phenoxy) is 1. The van der Waals surface area contributed by atoms with Gasteiger partial charge in [0, 0.05) is 18.8 Å². The van der Waals surface area contributed by atoms with E-state index in [-0.39, 0.29) is 18.5 Å². The quantitative estimate of drug-likeness (QED) is 0.822. The first kappa shape index (κ1) is 19.7. The van der Waals surface area contributed by atoms with E-state index >= 15 is 0 Å². The Balaban J connectivity index is 1.63. The summed E-state index contributed by atoms with van der Waals surface area (Å²) in [5.74, 6) is 0.801. The Morgan fingerprint density at radius 2 is 1.86 bits per heavy atom. The van der Waals surface area contributed by atoms with Crippen LogP contribution in [0.4, 0.5) is 16.2 Å². The van der Waals surface area contributed by atoms with Crippen LogP contribution in [0.5, 0.6) is 5.75 Å². The van der Waals surface area contributed by atoms with E-state index in [9.17, 15) is 9.59 Å². The number of carbonyl (C=O) groups excluding carboxylic acids is 2. The molecule has 0 unspecified atom stereocenters. The largest absolute Gasteiger partial charge is 0.495 e. The number of hydrogen-bond donors (Lipinski definition) is 1. The van der Waals surface area contributed by atoms with Crippen LogP contribution in [0.15, 0.2) is 42.5 Å². The molecule has 1 fully saturated rings. The van der Waals surface area contributed by atoms with Crippen molar-refractivity contribution in [3.63, 3.8) is 0 Å². The molecule has 0 atom stereocenters. The van der Waals surface area contributed by atoms with Crippen molar-refractivity contribution in [2.45, 2.75) is 26.7 Å². The molecule has 6 nitrogen and oxygen atoms in total. The summed E-state index contributed by atoms with van der Waals surface area (Å²) >= 11 is 0. The summed E-state index contributed by atoms with van der Waals surface area (Å²) in [7, 11) is 1.56. The molecule has 0 aliphatic carbocycles. The first-order valence-corrected chi connectivity index (χ1v) is 9.50. The molecule has 0 radical (unpaired) electrons. The van der Waals surface area contributed by atoms with Gasteiger partial charge in [0.15, 0.2) is 0 Å². The van der Waals surface area contributed by atoms with Gasteiger partial charge < -0.3 is 15.0 Å². The first-order chi connectivity index (χ1) is 13.4. The van der Waals surface area contributed by atoms with Crippen molar-refractivity contribution in [3.8, 4) is 5.75 Å². The third kappa shape index (κ3) is 4.27. The second-order valence-corrected chi connectivity index (χ2v) is 7.35. The van der Waals surface area contributed by atoms with Crippen LogP contribution in [0.25, 0.3) is 0 Å². The lowest BCUT2D eigenvalue weighted by Gasteiger charge is -2.19. The number of amides is 3. The lowest BCUT2D eigenvalue weighted by molar-refractivity contribution is -0.116. The number of aryl methyl sites for hydroxylation is 1. The summed E-state index contributed by atoms with van der Waals surface area (Å²) in [6, 6.07) is 13.5. The SMILES string of the molecule is COc1ccc(C)cc1NC(=O)CN1CCN(c2ccc(C(C)C)cc2)C1=O. The van der Waals surface area contributed by atoms with E-state index in [0.717, 1.165) is 11.3 Å². The van der Waals surface area contributed by atoms with Crippen LogP contribution in [-0.4, -0.2) is 43.6 Å². The normalized spacial score (nSPS) is 14.0. The van der Waals surface area contributed by atoms with E-state index in [1.54, 1.807) is 16.9 Å². The number of methoxy groups -OCH3 is 1. The van der Waals surface area contributed by atoms with Crippen LogP contribution in [0.2, 0.25) is 0 Å². The maximum Gasteiger partial charge on any atom is 0.325 e. The van der Waals surface area contributed by atoms with Crippen molar-refractivity contribution >= 4 is 23.3 Å². The number of rotatable bonds is 6. The third-order valence-corrected chi connectivity index (χ3v) is 4.93. The molecule has 3 rings (SSSR count). The minimum atomic E-state index is -0.241. The monoisotopic (exact) mass is 381 g/mol. The second kappa shape index (κ2) is 8.33. The van der Waals surface area contributed by atoms with Crippen LogP contribution in [-0.2, 0) is 4.79 Å². The average molecular weight is 381 g/mol. The lowest BCUT2D eigenvalue weighted by Crippen LogP contribution is -2.37. The number of nitrogens with one attached hydrogen (secondary N) is 1. The number of benzene rings is 2. The number of urea groups is 1. The molecule has 28 heavy (non-hydrogen) atoms. The van der Waals surface area contributed by atoms with Gasteiger partial charge in [0.2, 0.25) is 5.91 Å². The molecule has 3 amide bonds. The van der Waals surface area contributed by atoms with Gasteiger partial charge in [-0.1, -0.05) is 32.0 Å². The summed E-state index contributed by atoms with van der Waals surface area (Å²) < 4.78 is 5.29. The number of nitrogens with zero attached hydrogens (tertiary/aromatic N) is 2. The Hall–Kier alpha value is -3.02. The van der Waals surface area contributed by atoms with Gasteiger partial charge in [-0.05, 0) is 48.2 Å². The van der Waals surface area contributed by atoms with Gasteiger partial charge in [0.1, 0.15) is 12.3 Å². The molecular weight excluding hydrogens is 354 g/mol. The molecule has 1 saturated heterocycles. The molecule has 1 aliphatic rings. The van der Waals surface area contributed by atoms with Crippen LogP contribution in [0.1, 0.15) is 30.9 Å². The van der Waals surface area contributed by atoms with E-state index in [2.05, 4.69) is 19.2 Å². The van der Waals surface area contributed by atoms with E-state index in [4.69, 9.17) is 4.74 Å². The van der Waals surface area contributed by atoms with Crippen LogP contribution >= 0.6 is 0 Å². The number of hydrogen-bond acceptors (Lipinski definition) is 3. The molecule has 1 heterocycles. The topological polar surface area (TPSA) is 61.9 Å². The van der Waals surface area contributed by atoms with Gasteiger partial charge in [-0.3, -0.25) is 9.69 Å². The maximum absolute atomic E-state index is 12.7. The highest BCUT2D eigenvalue weighted by molar-refractivity contribution is 5.99. The van der Waals surface area contributed by atoms with Crippen LogP contribution in [0.3, 0.4) is 0 Å². The predicted octanol–water partition coefficient (Wildman–Crippen LogP) is 4.01. The molecule has 0 aromatic heterocycles. The third-order valence-electron chi connectivity index (χ3n) is 4.93. The molecule has 2 aromatic carbocycles. The minimum Gasteiger partial charge on any atom is -0.495 e. The smallest absolute Gasteiger partial charge is 0.325 e. The fourth-order valence-electron chi connectivity index (χ4n) is 3.29. The summed E-state index contributed by atoms with van der Waals surface area (Å²) in [6.45, 7) is 7.32. The number of carbonyl (C=O) groups is 2. The van der Waals surface area contributed by atoms with Gasteiger partial charge in [0.25, 0.3) is 0 Å². The zero-order chi connectivity index (χ0) is 20.3. The Kier molecular flexibility index (Phi) is 5.87. The highest BCUT2D eigenvalue weighted by Gasteiger charge is 2.31. The molecule has 148 valence electrons. The zero-order valence-corrected chi connectivity index (χ0v) is 16.9. The molecule has 1 aliphatic heterocycles. The van der Waals surface area contributed by atoms with Gasteiger partial charge in [-0.25, -0.2) is 4.79 Å². The van der Waals surface area contributed by atoms with E-state index < -0.39 is 0 Å². The second-order valence-electron chi connectivity index (χ2n) is 7.35. The molecule has 0 spiro atoms. The zero-order valence-electron chi connectivity index (χ0n) is 16.9. The molecular formula is C22H27N3O3. The molecule has 1 N–H and O–H groups in total. The van der Waals surface area contributed by atoms with E-state index in [1.807, 2.05) is 49.4 Å². The van der Waals surface area contributed by atoms with Crippen molar-refractivity contribution in [1.82, 2.24) is 4.90 Å². The number of anilines is 2. The summed E-state index contributed by atoms with van der Waals surface area (Å²) in [5, 5.41) is 2.85. The van der Waals surface area contributed by atoms with Crippen molar-refractivity contribution in [2.75, 3.05) is 37.0 Å². The standard InChI is InChI=1S/C22H27N3O3/c1-15(2)17-6-8-18(9-7-17)25-12-11-24(22(25)27)14-21(26)23-19-13-16(3)5-10-20(19)28-4/h5-10,13,15H,11-12,14H2,1-4H3,(H,23,26). The maximum atomic E-state index is 12.7. The summed E-state index contributed by atoms with van der Waals surface area (Å²) in [5.41, 5.74) is 3.72. The minimum absolute atomic E-state index is 0.0104. The summed E-state index contributed by atoms with van der Waals surface area (Å²) in [4.78, 5) is 28.5. The first-order valence-electron chi connectivity index (χ1n) is 9.50. The van der Waals surface area contributed by atoms with Crippen molar-refractivity contribution in [3.05, 3.63) is 53.6 Å². The highest BCUT2D eigenvalue weighted by Crippen LogP contribution is 2.26. The van der Waals surface area contributed by atoms with Crippen molar-refractivity contribution < 1.29 is 14.3 Å². The fourth-order valence-corrected chi connectivity index (χ4v) is 3.29. The molecule has 6 heteroatoms. The molecule has 0 saturated carbocycles. The molecule has 2 aromatic rings. The van der Waals surface area contributed by atoms with Gasteiger partial charge in [-0.15, -0.1) is 0 Å². The van der Waals surface area contributed by atoms with Crippen molar-refractivity contribution in [2.24, 2.45) is 0 Å². The fraction of sp³-hybridized carbons (Fsp3) is 0.364. The summed E-state index contributed by atoms with van der Waals surface area (Å²) in [6.07, 6.45) is 0. The Morgan fingerprint density at radius 3 is 2.50 bits per heavy atom. The van der Waals surface area contributed by atoms with E-state index in [1.165, 1.54) is 5.56 Å². The molecule has 0 bridgehead atoms. The average Bonchev–Trinajstić information content (AvgIpc) is 3.02.